The van der Waals surface area contributed by atoms with Gasteiger partial charge in [0.05, 0.1) is 6.04 Å². The number of aryl methyl sites for hydroxylation is 1. The Labute approximate surface area is 97.0 Å². The number of nitrogens with one attached hydrogen (secondary N) is 1. The lowest BCUT2D eigenvalue weighted by Crippen LogP contribution is -2.35. The highest BCUT2D eigenvalue weighted by Crippen LogP contribution is 2.16. The Morgan fingerprint density at radius 2 is 2.00 bits per heavy atom. The molecule has 88 valence electrons. The van der Waals surface area contributed by atoms with Gasteiger partial charge < -0.3 is 11.1 Å². The van der Waals surface area contributed by atoms with Crippen LogP contribution in [0.25, 0.3) is 0 Å². The molecule has 0 bridgehead atoms. The molecule has 0 unspecified atom stereocenters. The minimum atomic E-state index is -0.133. The van der Waals surface area contributed by atoms with E-state index in [9.17, 15) is 4.79 Å². The van der Waals surface area contributed by atoms with Crippen molar-refractivity contribution >= 4 is 5.91 Å². The fourth-order valence-corrected chi connectivity index (χ4v) is 1.61. The van der Waals surface area contributed by atoms with Crippen LogP contribution in [0.5, 0.6) is 0 Å². The average Bonchev–Trinajstić information content (AvgIpc) is 2.28. The number of hydrogen-bond donors (Lipinski definition) is 2. The standard InChI is InChI=1S/C13H20N2O/c1-9-6-4-5-7-12(9)11(3)15-13(16)10(2)8-14/h4-7,10-11H,8,14H2,1-3H3,(H,15,16)/t10-,11-/m0/s1. The molecule has 0 fully saturated rings. The monoisotopic (exact) mass is 220 g/mol. The number of rotatable bonds is 4. The largest absolute Gasteiger partial charge is 0.349 e. The maximum absolute atomic E-state index is 11.7. The molecule has 1 rings (SSSR count). The zero-order valence-corrected chi connectivity index (χ0v) is 10.2. The van der Waals surface area contributed by atoms with Gasteiger partial charge in [-0.2, -0.15) is 0 Å². The van der Waals surface area contributed by atoms with Gasteiger partial charge in [-0.3, -0.25) is 4.79 Å². The molecule has 1 aromatic carbocycles. The molecular formula is C13H20N2O. The molecule has 16 heavy (non-hydrogen) atoms. The molecule has 0 saturated carbocycles. The summed E-state index contributed by atoms with van der Waals surface area (Å²) in [5.41, 5.74) is 7.80. The second kappa shape index (κ2) is 5.66. The predicted octanol–water partition coefficient (Wildman–Crippen LogP) is 1.77. The Hall–Kier alpha value is -1.35. The van der Waals surface area contributed by atoms with Gasteiger partial charge in [-0.05, 0) is 25.0 Å². The van der Waals surface area contributed by atoms with Crippen molar-refractivity contribution < 1.29 is 4.79 Å². The summed E-state index contributed by atoms with van der Waals surface area (Å²) in [5, 5.41) is 2.97. The zero-order chi connectivity index (χ0) is 12.1. The second-order valence-corrected chi connectivity index (χ2v) is 4.22. The first-order valence-electron chi connectivity index (χ1n) is 5.62. The minimum Gasteiger partial charge on any atom is -0.349 e. The van der Waals surface area contributed by atoms with Gasteiger partial charge >= 0.3 is 0 Å². The van der Waals surface area contributed by atoms with Crippen molar-refractivity contribution in [3.63, 3.8) is 0 Å². The summed E-state index contributed by atoms with van der Waals surface area (Å²) in [6.07, 6.45) is 0. The number of hydrogen-bond acceptors (Lipinski definition) is 2. The first-order valence-corrected chi connectivity index (χ1v) is 5.62. The molecule has 3 N–H and O–H groups in total. The van der Waals surface area contributed by atoms with E-state index in [1.54, 1.807) is 0 Å². The molecule has 1 amide bonds. The van der Waals surface area contributed by atoms with E-state index in [4.69, 9.17) is 5.73 Å². The van der Waals surface area contributed by atoms with E-state index in [1.165, 1.54) is 5.56 Å². The van der Waals surface area contributed by atoms with Crippen molar-refractivity contribution in [3.8, 4) is 0 Å². The van der Waals surface area contributed by atoms with Crippen LogP contribution in [0.2, 0.25) is 0 Å². The summed E-state index contributed by atoms with van der Waals surface area (Å²) in [7, 11) is 0. The maximum Gasteiger partial charge on any atom is 0.224 e. The topological polar surface area (TPSA) is 55.1 Å². The van der Waals surface area contributed by atoms with E-state index in [-0.39, 0.29) is 17.9 Å². The SMILES string of the molecule is Cc1ccccc1[C@H](C)NC(=O)[C@@H](C)CN. The van der Waals surface area contributed by atoms with Gasteiger partial charge in [0.1, 0.15) is 0 Å². The molecule has 3 nitrogen and oxygen atoms in total. The molecular weight excluding hydrogens is 200 g/mol. The maximum atomic E-state index is 11.7. The van der Waals surface area contributed by atoms with E-state index in [1.807, 2.05) is 45.0 Å². The van der Waals surface area contributed by atoms with E-state index < -0.39 is 0 Å². The Kier molecular flexibility index (Phi) is 4.50. The highest BCUT2D eigenvalue weighted by Gasteiger charge is 2.15. The Balaban J connectivity index is 2.69. The molecule has 3 heteroatoms. The third-order valence-corrected chi connectivity index (χ3v) is 2.81. The molecule has 1 aromatic rings. The van der Waals surface area contributed by atoms with Crippen LogP contribution in [0.4, 0.5) is 0 Å². The Morgan fingerprint density at radius 1 is 1.38 bits per heavy atom. The molecule has 0 aliphatic rings. The normalized spacial score (nSPS) is 14.2. The van der Waals surface area contributed by atoms with Crippen LogP contribution >= 0.6 is 0 Å². The summed E-state index contributed by atoms with van der Waals surface area (Å²) in [5.74, 6) is -0.121. The predicted molar refractivity (Wildman–Crippen MR) is 66.0 cm³/mol. The third kappa shape index (κ3) is 3.07. The lowest BCUT2D eigenvalue weighted by atomic mass is 10.0. The zero-order valence-electron chi connectivity index (χ0n) is 10.2. The van der Waals surface area contributed by atoms with E-state index in [2.05, 4.69) is 5.32 Å². The highest BCUT2D eigenvalue weighted by molar-refractivity contribution is 5.78. The minimum absolute atomic E-state index is 0.0123. The summed E-state index contributed by atoms with van der Waals surface area (Å²) in [4.78, 5) is 11.7. The van der Waals surface area contributed by atoms with Crippen molar-refractivity contribution in [2.75, 3.05) is 6.54 Å². The Morgan fingerprint density at radius 3 is 2.56 bits per heavy atom. The van der Waals surface area contributed by atoms with Crippen LogP contribution in [0.3, 0.4) is 0 Å². The summed E-state index contributed by atoms with van der Waals surface area (Å²) in [6, 6.07) is 8.09. The van der Waals surface area contributed by atoms with Crippen molar-refractivity contribution in [2.45, 2.75) is 26.8 Å². The van der Waals surface area contributed by atoms with E-state index in [0.717, 1.165) is 5.56 Å². The highest BCUT2D eigenvalue weighted by atomic mass is 16.1. The van der Waals surface area contributed by atoms with Crippen LogP contribution in [-0.4, -0.2) is 12.5 Å². The van der Waals surface area contributed by atoms with Gasteiger partial charge in [0.2, 0.25) is 5.91 Å². The van der Waals surface area contributed by atoms with Crippen molar-refractivity contribution in [1.82, 2.24) is 5.32 Å². The molecule has 0 spiro atoms. The van der Waals surface area contributed by atoms with Crippen molar-refractivity contribution in [3.05, 3.63) is 35.4 Å². The van der Waals surface area contributed by atoms with Gasteiger partial charge in [-0.1, -0.05) is 31.2 Å². The van der Waals surface area contributed by atoms with Crippen LogP contribution < -0.4 is 11.1 Å². The fourth-order valence-electron chi connectivity index (χ4n) is 1.61. The molecule has 0 aromatic heterocycles. The van der Waals surface area contributed by atoms with Gasteiger partial charge in [-0.15, -0.1) is 0 Å². The van der Waals surface area contributed by atoms with Gasteiger partial charge in [0, 0.05) is 12.5 Å². The average molecular weight is 220 g/mol. The van der Waals surface area contributed by atoms with Gasteiger partial charge in [-0.25, -0.2) is 0 Å². The number of carbonyl (C=O) groups excluding carboxylic acids is 1. The first-order chi connectivity index (χ1) is 7.56. The molecule has 2 atom stereocenters. The fraction of sp³-hybridized carbons (Fsp3) is 0.462. The third-order valence-electron chi connectivity index (χ3n) is 2.81. The van der Waals surface area contributed by atoms with Gasteiger partial charge in [0.15, 0.2) is 0 Å². The second-order valence-electron chi connectivity index (χ2n) is 4.22. The summed E-state index contributed by atoms with van der Waals surface area (Å²) in [6.45, 7) is 6.25. The number of amides is 1. The molecule has 0 aliphatic heterocycles. The smallest absolute Gasteiger partial charge is 0.224 e. The van der Waals surface area contributed by atoms with Crippen LogP contribution in [0.15, 0.2) is 24.3 Å². The van der Waals surface area contributed by atoms with Crippen LogP contribution in [-0.2, 0) is 4.79 Å². The summed E-state index contributed by atoms with van der Waals surface area (Å²) >= 11 is 0. The van der Waals surface area contributed by atoms with Crippen molar-refractivity contribution in [1.29, 1.82) is 0 Å². The number of carbonyl (C=O) groups is 1. The Bertz CT molecular complexity index is 363. The number of benzene rings is 1. The lowest BCUT2D eigenvalue weighted by Gasteiger charge is -2.18. The number of nitrogens with two attached hydrogens (primary N) is 1. The van der Waals surface area contributed by atoms with Gasteiger partial charge in [0.25, 0.3) is 0 Å². The quantitative estimate of drug-likeness (QED) is 0.812. The van der Waals surface area contributed by atoms with Crippen LogP contribution in [0, 0.1) is 12.8 Å². The molecule has 0 heterocycles. The molecule has 0 radical (unpaired) electrons. The molecule has 0 saturated heterocycles. The summed E-state index contributed by atoms with van der Waals surface area (Å²) < 4.78 is 0. The van der Waals surface area contributed by atoms with E-state index >= 15 is 0 Å². The first kappa shape index (κ1) is 12.7. The van der Waals surface area contributed by atoms with Crippen molar-refractivity contribution in [2.24, 2.45) is 11.7 Å². The lowest BCUT2D eigenvalue weighted by molar-refractivity contribution is -0.124. The van der Waals surface area contributed by atoms with E-state index in [0.29, 0.717) is 6.54 Å². The van der Waals surface area contributed by atoms with Crippen LogP contribution in [0.1, 0.15) is 31.0 Å². The molecule has 0 aliphatic carbocycles.